The van der Waals surface area contributed by atoms with Crippen LogP contribution in [-0.4, -0.2) is 29.5 Å². The van der Waals surface area contributed by atoms with E-state index in [1.54, 1.807) is 11.3 Å². The molecule has 0 unspecified atom stereocenters. The van der Waals surface area contributed by atoms with Crippen LogP contribution in [0.1, 0.15) is 31.0 Å². The van der Waals surface area contributed by atoms with Gasteiger partial charge in [0.1, 0.15) is 0 Å². The first kappa shape index (κ1) is 12.6. The molecular formula is C11H21N3S. The molecule has 86 valence electrons. The molecule has 0 saturated heterocycles. The molecule has 0 spiro atoms. The summed E-state index contributed by atoms with van der Waals surface area (Å²) in [6.45, 7) is 8.33. The van der Waals surface area contributed by atoms with Crippen LogP contribution in [0.2, 0.25) is 0 Å². The van der Waals surface area contributed by atoms with Gasteiger partial charge >= 0.3 is 0 Å². The Kier molecular flexibility index (Phi) is 5.83. The molecule has 0 aromatic carbocycles. The molecular weight excluding hydrogens is 206 g/mol. The number of thiazole rings is 1. The highest BCUT2D eigenvalue weighted by Crippen LogP contribution is 2.12. The van der Waals surface area contributed by atoms with Gasteiger partial charge in [0.2, 0.25) is 0 Å². The summed E-state index contributed by atoms with van der Waals surface area (Å²) < 4.78 is 0. The minimum atomic E-state index is 0.694. The number of hydrogen-bond acceptors (Lipinski definition) is 4. The van der Waals surface area contributed by atoms with Crippen molar-refractivity contribution >= 4 is 11.3 Å². The summed E-state index contributed by atoms with van der Waals surface area (Å²) in [6, 6.07) is 0. The molecule has 0 aliphatic carbocycles. The van der Waals surface area contributed by atoms with Crippen molar-refractivity contribution in [3.63, 3.8) is 0 Å². The van der Waals surface area contributed by atoms with Crippen LogP contribution in [0.25, 0.3) is 0 Å². The second-order valence-corrected chi connectivity index (χ2v) is 4.58. The smallest absolute Gasteiger partial charge is 0.0941 e. The Balaban J connectivity index is 2.47. The molecule has 0 bridgehead atoms. The number of nitrogens with zero attached hydrogens (tertiary/aromatic N) is 2. The Morgan fingerprint density at radius 1 is 1.47 bits per heavy atom. The Morgan fingerprint density at radius 2 is 2.27 bits per heavy atom. The fourth-order valence-electron chi connectivity index (χ4n) is 1.55. The molecule has 0 fully saturated rings. The highest BCUT2D eigenvalue weighted by Gasteiger charge is 2.06. The van der Waals surface area contributed by atoms with Crippen molar-refractivity contribution in [3.8, 4) is 0 Å². The van der Waals surface area contributed by atoms with Crippen LogP contribution in [-0.2, 0) is 13.0 Å². The molecule has 1 heterocycles. The largest absolute Gasteiger partial charge is 0.330 e. The van der Waals surface area contributed by atoms with Crippen LogP contribution in [0.3, 0.4) is 0 Å². The van der Waals surface area contributed by atoms with E-state index < -0.39 is 0 Å². The van der Waals surface area contributed by atoms with Crippen molar-refractivity contribution in [3.05, 3.63) is 16.1 Å². The monoisotopic (exact) mass is 227 g/mol. The van der Waals surface area contributed by atoms with E-state index in [-0.39, 0.29) is 0 Å². The minimum Gasteiger partial charge on any atom is -0.330 e. The van der Waals surface area contributed by atoms with Crippen molar-refractivity contribution in [2.24, 2.45) is 5.73 Å². The van der Waals surface area contributed by atoms with Crippen LogP contribution >= 0.6 is 11.3 Å². The van der Waals surface area contributed by atoms with E-state index in [0.717, 1.165) is 26.1 Å². The van der Waals surface area contributed by atoms with Crippen molar-refractivity contribution in [2.75, 3.05) is 19.6 Å². The van der Waals surface area contributed by atoms with Crippen LogP contribution in [0, 0.1) is 0 Å². The maximum Gasteiger partial charge on any atom is 0.0941 e. The second kappa shape index (κ2) is 6.93. The predicted octanol–water partition coefficient (Wildman–Crippen LogP) is 1.88. The van der Waals surface area contributed by atoms with E-state index in [2.05, 4.69) is 29.1 Å². The molecule has 0 atom stereocenters. The number of hydrogen-bond donors (Lipinski definition) is 1. The molecule has 0 amide bonds. The Hall–Kier alpha value is -0.450. The molecule has 0 radical (unpaired) electrons. The van der Waals surface area contributed by atoms with E-state index in [9.17, 15) is 0 Å². The quantitative estimate of drug-likeness (QED) is 0.773. The Bertz CT molecular complexity index is 273. The maximum atomic E-state index is 5.50. The lowest BCUT2D eigenvalue weighted by atomic mass is 10.3. The van der Waals surface area contributed by atoms with Gasteiger partial charge in [0.15, 0.2) is 0 Å². The van der Waals surface area contributed by atoms with E-state index in [0.29, 0.717) is 6.54 Å². The number of nitrogens with two attached hydrogens (primary N) is 1. The molecule has 1 aromatic rings. The zero-order chi connectivity index (χ0) is 11.1. The minimum absolute atomic E-state index is 0.694. The van der Waals surface area contributed by atoms with E-state index in [1.807, 2.05) is 0 Å². The SMILES string of the molecule is CCCN(CC)Cc1csc(CCN)n1. The molecule has 2 N–H and O–H groups in total. The van der Waals surface area contributed by atoms with Gasteiger partial charge in [0.25, 0.3) is 0 Å². The van der Waals surface area contributed by atoms with Crippen LogP contribution < -0.4 is 5.73 Å². The molecule has 4 heteroatoms. The lowest BCUT2D eigenvalue weighted by Gasteiger charge is -2.17. The molecule has 1 rings (SSSR count). The van der Waals surface area contributed by atoms with Gasteiger partial charge in [-0.1, -0.05) is 13.8 Å². The lowest BCUT2D eigenvalue weighted by Crippen LogP contribution is -2.23. The van der Waals surface area contributed by atoms with Gasteiger partial charge in [-0.25, -0.2) is 4.98 Å². The first-order valence-corrected chi connectivity index (χ1v) is 6.53. The summed E-state index contributed by atoms with van der Waals surface area (Å²) in [5.74, 6) is 0. The zero-order valence-corrected chi connectivity index (χ0v) is 10.5. The van der Waals surface area contributed by atoms with E-state index in [1.165, 1.54) is 17.1 Å². The molecule has 1 aromatic heterocycles. The van der Waals surface area contributed by atoms with Gasteiger partial charge in [-0.15, -0.1) is 11.3 Å². The average molecular weight is 227 g/mol. The van der Waals surface area contributed by atoms with Crippen molar-refractivity contribution in [2.45, 2.75) is 33.2 Å². The fraction of sp³-hybridized carbons (Fsp3) is 0.727. The van der Waals surface area contributed by atoms with Gasteiger partial charge in [0.05, 0.1) is 10.7 Å². The van der Waals surface area contributed by atoms with Gasteiger partial charge in [-0.2, -0.15) is 0 Å². The van der Waals surface area contributed by atoms with Gasteiger partial charge in [-0.3, -0.25) is 4.90 Å². The highest BCUT2D eigenvalue weighted by atomic mass is 32.1. The first-order valence-electron chi connectivity index (χ1n) is 5.65. The fourth-order valence-corrected chi connectivity index (χ4v) is 2.36. The van der Waals surface area contributed by atoms with E-state index in [4.69, 9.17) is 5.73 Å². The lowest BCUT2D eigenvalue weighted by molar-refractivity contribution is 0.278. The molecule has 0 aliphatic heterocycles. The van der Waals surface area contributed by atoms with Crippen LogP contribution in [0.5, 0.6) is 0 Å². The third kappa shape index (κ3) is 4.28. The topological polar surface area (TPSA) is 42.1 Å². The summed E-state index contributed by atoms with van der Waals surface area (Å²) in [5, 5.41) is 3.32. The molecule has 15 heavy (non-hydrogen) atoms. The summed E-state index contributed by atoms with van der Waals surface area (Å²) in [5.41, 5.74) is 6.69. The molecule has 0 saturated carbocycles. The third-order valence-corrected chi connectivity index (χ3v) is 3.29. The van der Waals surface area contributed by atoms with Crippen LogP contribution in [0.15, 0.2) is 5.38 Å². The van der Waals surface area contributed by atoms with Gasteiger partial charge < -0.3 is 5.73 Å². The molecule has 0 aliphatic rings. The third-order valence-electron chi connectivity index (χ3n) is 2.33. The van der Waals surface area contributed by atoms with Crippen LogP contribution in [0.4, 0.5) is 0 Å². The predicted molar refractivity (Wildman–Crippen MR) is 66.1 cm³/mol. The van der Waals surface area contributed by atoms with Crippen molar-refractivity contribution in [1.82, 2.24) is 9.88 Å². The summed E-state index contributed by atoms with van der Waals surface area (Å²) in [4.78, 5) is 6.98. The van der Waals surface area contributed by atoms with E-state index >= 15 is 0 Å². The number of rotatable bonds is 7. The summed E-state index contributed by atoms with van der Waals surface area (Å²) in [6.07, 6.45) is 2.11. The Labute approximate surface area is 96.3 Å². The maximum absolute atomic E-state index is 5.50. The standard InChI is InChI=1S/C11H21N3S/c1-3-7-14(4-2)8-10-9-15-11(13-10)5-6-12/h9H,3-8,12H2,1-2H3. The second-order valence-electron chi connectivity index (χ2n) is 3.64. The molecule has 3 nitrogen and oxygen atoms in total. The summed E-state index contributed by atoms with van der Waals surface area (Å²) >= 11 is 1.73. The van der Waals surface area contributed by atoms with Crippen molar-refractivity contribution in [1.29, 1.82) is 0 Å². The van der Waals surface area contributed by atoms with Gasteiger partial charge in [-0.05, 0) is 26.1 Å². The zero-order valence-electron chi connectivity index (χ0n) is 9.70. The van der Waals surface area contributed by atoms with Crippen molar-refractivity contribution < 1.29 is 0 Å². The number of aromatic nitrogens is 1. The average Bonchev–Trinajstić information content (AvgIpc) is 2.66. The first-order chi connectivity index (χ1) is 7.30. The summed E-state index contributed by atoms with van der Waals surface area (Å²) in [7, 11) is 0. The highest BCUT2D eigenvalue weighted by molar-refractivity contribution is 7.09. The van der Waals surface area contributed by atoms with Gasteiger partial charge in [0, 0.05) is 18.3 Å². The normalized spacial score (nSPS) is 11.2. The Morgan fingerprint density at radius 3 is 2.87 bits per heavy atom.